The Morgan fingerprint density at radius 1 is 1.67 bits per heavy atom. The number of halogens is 4. The number of nitrogens with zero attached hydrogens (tertiary/aromatic N) is 1. The monoisotopic (exact) mass is 391 g/mol. The summed E-state index contributed by atoms with van der Waals surface area (Å²) in [6, 6.07) is 0. The summed E-state index contributed by atoms with van der Waals surface area (Å²) in [7, 11) is 1.19. The lowest BCUT2D eigenvalue weighted by Gasteiger charge is -2.08. The van der Waals surface area contributed by atoms with E-state index in [0.29, 0.717) is 3.57 Å². The lowest BCUT2D eigenvalue weighted by Crippen LogP contribution is -2.08. The fourth-order valence-corrected chi connectivity index (χ4v) is 2.57. The fraction of sp³-hybridized carbons (Fsp3) is 0.250. The average molecular weight is 392 g/mol. The first-order valence-electron chi connectivity index (χ1n) is 3.69. The number of rotatable bonds is 2. The Balaban J connectivity index is 3.36. The Morgan fingerprint density at radius 2 is 2.27 bits per heavy atom. The van der Waals surface area contributed by atoms with Gasteiger partial charge in [-0.1, -0.05) is 0 Å². The van der Waals surface area contributed by atoms with Crippen molar-refractivity contribution in [2.45, 2.75) is 6.43 Å². The van der Waals surface area contributed by atoms with Crippen LogP contribution in [0.15, 0.2) is 10.7 Å². The van der Waals surface area contributed by atoms with Gasteiger partial charge in [0.2, 0.25) is 0 Å². The molecule has 0 unspecified atom stereocenters. The maximum absolute atomic E-state index is 12.5. The van der Waals surface area contributed by atoms with Crippen LogP contribution in [0.1, 0.15) is 22.5 Å². The van der Waals surface area contributed by atoms with E-state index in [1.807, 2.05) is 22.6 Å². The highest BCUT2D eigenvalue weighted by molar-refractivity contribution is 14.1. The number of methoxy groups -OCH3 is 1. The SMILES string of the molecule is COC(=O)c1c(I)cnc(C(F)F)c1Br. The molecule has 0 N–H and O–H groups in total. The molecule has 0 spiro atoms. The largest absolute Gasteiger partial charge is 0.465 e. The van der Waals surface area contributed by atoms with E-state index < -0.39 is 18.1 Å². The molecule has 0 bridgehead atoms. The number of aromatic nitrogens is 1. The number of carbonyl (C=O) groups is 1. The first-order valence-corrected chi connectivity index (χ1v) is 5.56. The van der Waals surface area contributed by atoms with Crippen LogP contribution in [0.25, 0.3) is 0 Å². The van der Waals surface area contributed by atoms with Gasteiger partial charge in [-0.25, -0.2) is 13.6 Å². The van der Waals surface area contributed by atoms with E-state index in [9.17, 15) is 13.6 Å². The van der Waals surface area contributed by atoms with E-state index in [2.05, 4.69) is 25.7 Å². The summed E-state index contributed by atoms with van der Waals surface area (Å²) < 4.78 is 29.8. The molecule has 0 aromatic carbocycles. The van der Waals surface area contributed by atoms with Gasteiger partial charge in [-0.15, -0.1) is 0 Å². The van der Waals surface area contributed by atoms with E-state index in [1.54, 1.807) is 0 Å². The molecule has 1 aromatic rings. The molecule has 1 aromatic heterocycles. The average Bonchev–Trinajstić information content (AvgIpc) is 2.16. The van der Waals surface area contributed by atoms with Gasteiger partial charge in [0.15, 0.2) is 0 Å². The second-order valence-corrected chi connectivity index (χ2v) is 4.43. The second kappa shape index (κ2) is 5.15. The van der Waals surface area contributed by atoms with Crippen molar-refractivity contribution in [1.82, 2.24) is 4.98 Å². The van der Waals surface area contributed by atoms with Crippen molar-refractivity contribution in [3.63, 3.8) is 0 Å². The number of pyridine rings is 1. The Kier molecular flexibility index (Phi) is 4.38. The Hall–Kier alpha value is -0.310. The van der Waals surface area contributed by atoms with Crippen LogP contribution in [-0.2, 0) is 4.74 Å². The first-order chi connectivity index (χ1) is 6.99. The van der Waals surface area contributed by atoms with Crippen LogP contribution in [0.3, 0.4) is 0 Å². The van der Waals surface area contributed by atoms with Crippen molar-refractivity contribution in [3.8, 4) is 0 Å². The number of esters is 1. The molecule has 0 aliphatic rings. The molecule has 82 valence electrons. The molecule has 0 saturated carbocycles. The number of hydrogen-bond acceptors (Lipinski definition) is 3. The Morgan fingerprint density at radius 3 is 2.73 bits per heavy atom. The van der Waals surface area contributed by atoms with Crippen LogP contribution in [0, 0.1) is 3.57 Å². The fourth-order valence-electron chi connectivity index (χ4n) is 0.922. The zero-order chi connectivity index (χ0) is 11.6. The van der Waals surface area contributed by atoms with Gasteiger partial charge in [0.1, 0.15) is 5.69 Å². The van der Waals surface area contributed by atoms with Gasteiger partial charge < -0.3 is 4.74 Å². The Bertz CT molecular complexity index is 400. The maximum atomic E-state index is 12.5. The molecular formula is C8H5BrF2INO2. The summed E-state index contributed by atoms with van der Waals surface area (Å²) >= 11 is 4.75. The summed E-state index contributed by atoms with van der Waals surface area (Å²) in [6.07, 6.45) is -1.53. The zero-order valence-electron chi connectivity index (χ0n) is 7.43. The third kappa shape index (κ3) is 2.63. The molecule has 1 heterocycles. The smallest absolute Gasteiger partial charge is 0.340 e. The van der Waals surface area contributed by atoms with Gasteiger partial charge in [0.25, 0.3) is 6.43 Å². The van der Waals surface area contributed by atoms with Crippen LogP contribution in [0.2, 0.25) is 0 Å². The highest BCUT2D eigenvalue weighted by atomic mass is 127. The molecule has 0 atom stereocenters. The second-order valence-electron chi connectivity index (χ2n) is 2.47. The maximum Gasteiger partial charge on any atom is 0.340 e. The molecule has 0 aliphatic heterocycles. The van der Waals surface area contributed by atoms with E-state index in [0.717, 1.165) is 0 Å². The normalized spacial score (nSPS) is 10.5. The van der Waals surface area contributed by atoms with Crippen molar-refractivity contribution in [3.05, 3.63) is 25.5 Å². The van der Waals surface area contributed by atoms with Crippen molar-refractivity contribution in [1.29, 1.82) is 0 Å². The van der Waals surface area contributed by atoms with Gasteiger partial charge >= 0.3 is 5.97 Å². The summed E-state index contributed by atoms with van der Waals surface area (Å²) in [5.41, 5.74) is -0.390. The summed E-state index contributed by atoms with van der Waals surface area (Å²) in [6.45, 7) is 0. The van der Waals surface area contributed by atoms with Gasteiger partial charge in [0.05, 0.1) is 17.1 Å². The highest BCUT2D eigenvalue weighted by Gasteiger charge is 2.22. The predicted octanol–water partition coefficient (Wildman–Crippen LogP) is 3.17. The number of ether oxygens (including phenoxy) is 1. The van der Waals surface area contributed by atoms with Gasteiger partial charge in [-0.3, -0.25) is 4.98 Å². The molecule has 0 radical (unpaired) electrons. The van der Waals surface area contributed by atoms with Gasteiger partial charge in [-0.2, -0.15) is 0 Å². The van der Waals surface area contributed by atoms with Gasteiger partial charge in [-0.05, 0) is 38.5 Å². The molecule has 1 rings (SSSR count). The minimum atomic E-state index is -2.74. The highest BCUT2D eigenvalue weighted by Crippen LogP contribution is 2.31. The predicted molar refractivity (Wildman–Crippen MR) is 61.0 cm³/mol. The molecule has 0 aliphatic carbocycles. The lowest BCUT2D eigenvalue weighted by atomic mass is 10.2. The van der Waals surface area contributed by atoms with Crippen LogP contribution in [0.5, 0.6) is 0 Å². The quantitative estimate of drug-likeness (QED) is 0.574. The van der Waals surface area contributed by atoms with Crippen molar-refractivity contribution in [2.24, 2.45) is 0 Å². The molecule has 15 heavy (non-hydrogen) atoms. The lowest BCUT2D eigenvalue weighted by molar-refractivity contribution is 0.0597. The summed E-state index contributed by atoms with van der Waals surface area (Å²) in [5.74, 6) is -0.671. The Labute approximate surface area is 106 Å². The number of hydrogen-bond donors (Lipinski definition) is 0. The minimum Gasteiger partial charge on any atom is -0.465 e. The topological polar surface area (TPSA) is 39.2 Å². The molecular weight excluding hydrogens is 387 g/mol. The van der Waals surface area contributed by atoms with Crippen molar-refractivity contribution in [2.75, 3.05) is 7.11 Å². The van der Waals surface area contributed by atoms with Crippen LogP contribution in [0.4, 0.5) is 8.78 Å². The first kappa shape index (κ1) is 12.8. The molecule has 0 fully saturated rings. The van der Waals surface area contributed by atoms with E-state index in [-0.39, 0.29) is 10.0 Å². The summed E-state index contributed by atoms with van der Waals surface area (Å²) in [5, 5.41) is 0. The molecule has 3 nitrogen and oxygen atoms in total. The standard InChI is InChI=1S/C8H5BrF2INO2/c1-15-8(14)4-3(12)2-13-6(5(4)9)7(10)11/h2,7H,1H3. The third-order valence-corrected chi connectivity index (χ3v) is 3.22. The van der Waals surface area contributed by atoms with Crippen molar-refractivity contribution >= 4 is 44.5 Å². The number of carbonyl (C=O) groups excluding carboxylic acids is 1. The third-order valence-electron chi connectivity index (χ3n) is 1.60. The van der Waals surface area contributed by atoms with E-state index in [1.165, 1.54) is 13.3 Å². The molecule has 7 heteroatoms. The van der Waals surface area contributed by atoms with Crippen LogP contribution in [-0.4, -0.2) is 18.1 Å². The number of alkyl halides is 2. The van der Waals surface area contributed by atoms with Crippen LogP contribution < -0.4 is 0 Å². The zero-order valence-corrected chi connectivity index (χ0v) is 11.2. The van der Waals surface area contributed by atoms with Crippen LogP contribution >= 0.6 is 38.5 Å². The molecule has 0 amide bonds. The minimum absolute atomic E-state index is 0.0174. The van der Waals surface area contributed by atoms with Crippen molar-refractivity contribution < 1.29 is 18.3 Å². The molecule has 0 saturated heterocycles. The van der Waals surface area contributed by atoms with E-state index >= 15 is 0 Å². The van der Waals surface area contributed by atoms with Gasteiger partial charge in [0, 0.05) is 9.77 Å². The summed E-state index contributed by atoms with van der Waals surface area (Å²) in [4.78, 5) is 14.8. The van der Waals surface area contributed by atoms with E-state index in [4.69, 9.17) is 0 Å².